The fraction of sp³-hybridized carbons (Fsp3) is 0. The van der Waals surface area contributed by atoms with Gasteiger partial charge in [0.05, 0.1) is 22.1 Å². The molecule has 0 atom stereocenters. The van der Waals surface area contributed by atoms with Crippen LogP contribution in [0.4, 0.5) is 0 Å². The van der Waals surface area contributed by atoms with Crippen LogP contribution in [0, 0.1) is 0 Å². The van der Waals surface area contributed by atoms with Crippen LogP contribution in [-0.2, 0) is 0 Å². The zero-order chi connectivity index (χ0) is 37.0. The third-order valence-corrected chi connectivity index (χ3v) is 10.8. The highest BCUT2D eigenvalue weighted by molar-refractivity contribution is 6.19. The molecular formula is C51H33N5. The molecule has 8 aromatic carbocycles. The van der Waals surface area contributed by atoms with E-state index in [9.17, 15) is 0 Å². The molecule has 11 aromatic rings. The number of hydrogen-bond donors (Lipinski definition) is 0. The van der Waals surface area contributed by atoms with Crippen molar-refractivity contribution in [3.63, 3.8) is 0 Å². The SMILES string of the molecule is c1ccc(-c2nc(-c3ccccc3)nc(-c3c(-c4ccc5c(c4)c4ccccc4n5-c4ccccc4)ccc4c3c3ccccc3n4-c3ccccc3)n2)cc1. The summed E-state index contributed by atoms with van der Waals surface area (Å²) in [6.45, 7) is 0. The Bertz CT molecular complexity index is 3160. The van der Waals surface area contributed by atoms with E-state index in [0.29, 0.717) is 17.5 Å². The van der Waals surface area contributed by atoms with Crippen molar-refractivity contribution in [2.75, 3.05) is 0 Å². The predicted octanol–water partition coefficient (Wildman–Crippen LogP) is 12.7. The molecule has 0 aliphatic rings. The van der Waals surface area contributed by atoms with Crippen LogP contribution < -0.4 is 0 Å². The summed E-state index contributed by atoms with van der Waals surface area (Å²) in [7, 11) is 0. The first-order valence-corrected chi connectivity index (χ1v) is 18.9. The lowest BCUT2D eigenvalue weighted by molar-refractivity contribution is 1.08. The van der Waals surface area contributed by atoms with Gasteiger partial charge in [0.1, 0.15) is 0 Å². The number of benzene rings is 8. The van der Waals surface area contributed by atoms with Crippen molar-refractivity contribution in [1.82, 2.24) is 24.1 Å². The fourth-order valence-electron chi connectivity index (χ4n) is 8.30. The van der Waals surface area contributed by atoms with Gasteiger partial charge in [-0.05, 0) is 65.7 Å². The highest BCUT2D eigenvalue weighted by Crippen LogP contribution is 2.45. The van der Waals surface area contributed by atoms with E-state index in [4.69, 9.17) is 15.0 Å². The number of aromatic nitrogens is 5. The summed E-state index contributed by atoms with van der Waals surface area (Å²) < 4.78 is 4.71. The summed E-state index contributed by atoms with van der Waals surface area (Å²) in [6, 6.07) is 70.3. The molecule has 0 radical (unpaired) electrons. The normalized spacial score (nSPS) is 11.6. The van der Waals surface area contributed by atoms with Gasteiger partial charge in [-0.25, -0.2) is 15.0 Å². The molecule has 0 N–H and O–H groups in total. The Morgan fingerprint density at radius 1 is 0.304 bits per heavy atom. The standard InChI is InChI=1S/C51H33N5/c1-5-17-34(18-6-1)49-52-50(35-19-7-2-8-20-35)54-51(53-49)48-39(30-32-46-47(48)41-26-14-16-28-44(41)56(46)38-23-11-4-12-24-38)36-29-31-45-42(33-36)40-25-13-15-27-43(40)55(45)37-21-9-3-10-22-37/h1-33H. The molecule has 0 amide bonds. The van der Waals surface area contributed by atoms with E-state index < -0.39 is 0 Å². The van der Waals surface area contributed by atoms with E-state index in [1.54, 1.807) is 0 Å². The van der Waals surface area contributed by atoms with Crippen molar-refractivity contribution < 1.29 is 0 Å². The van der Waals surface area contributed by atoms with Crippen LogP contribution in [0.5, 0.6) is 0 Å². The highest BCUT2D eigenvalue weighted by Gasteiger charge is 2.24. The van der Waals surface area contributed by atoms with Crippen LogP contribution >= 0.6 is 0 Å². The molecule has 0 spiro atoms. The second-order valence-corrected chi connectivity index (χ2v) is 14.0. The molecular weight excluding hydrogens is 683 g/mol. The van der Waals surface area contributed by atoms with Gasteiger partial charge in [0.2, 0.25) is 0 Å². The second kappa shape index (κ2) is 13.0. The highest BCUT2D eigenvalue weighted by atomic mass is 15.0. The van der Waals surface area contributed by atoms with E-state index in [-0.39, 0.29) is 0 Å². The van der Waals surface area contributed by atoms with Gasteiger partial charge in [0, 0.05) is 49.6 Å². The van der Waals surface area contributed by atoms with Crippen LogP contribution in [0.25, 0.3) is 100 Å². The summed E-state index contributed by atoms with van der Waals surface area (Å²) >= 11 is 0. The average Bonchev–Trinajstić information content (AvgIpc) is 3.80. The molecule has 56 heavy (non-hydrogen) atoms. The summed E-state index contributed by atoms with van der Waals surface area (Å²) in [5, 5.41) is 4.62. The van der Waals surface area contributed by atoms with Crippen molar-refractivity contribution in [3.05, 3.63) is 200 Å². The van der Waals surface area contributed by atoms with Gasteiger partial charge in [-0.15, -0.1) is 0 Å². The Balaban J connectivity index is 1.26. The number of nitrogens with zero attached hydrogens (tertiary/aromatic N) is 5. The van der Waals surface area contributed by atoms with Crippen molar-refractivity contribution >= 4 is 43.6 Å². The van der Waals surface area contributed by atoms with Gasteiger partial charge in [-0.1, -0.05) is 146 Å². The molecule has 0 fully saturated rings. The Labute approximate surface area is 323 Å². The topological polar surface area (TPSA) is 48.5 Å². The van der Waals surface area contributed by atoms with Gasteiger partial charge in [-0.3, -0.25) is 0 Å². The minimum Gasteiger partial charge on any atom is -0.309 e. The van der Waals surface area contributed by atoms with Gasteiger partial charge < -0.3 is 9.13 Å². The van der Waals surface area contributed by atoms with E-state index in [1.807, 2.05) is 36.4 Å². The van der Waals surface area contributed by atoms with Crippen molar-refractivity contribution in [2.45, 2.75) is 0 Å². The third-order valence-electron chi connectivity index (χ3n) is 10.8. The van der Waals surface area contributed by atoms with Gasteiger partial charge in [0.15, 0.2) is 17.5 Å². The van der Waals surface area contributed by atoms with Crippen LogP contribution in [0.1, 0.15) is 0 Å². The number of hydrogen-bond acceptors (Lipinski definition) is 3. The van der Waals surface area contributed by atoms with Gasteiger partial charge in [0.25, 0.3) is 0 Å². The van der Waals surface area contributed by atoms with E-state index >= 15 is 0 Å². The first-order chi connectivity index (χ1) is 27.8. The molecule has 0 saturated carbocycles. The lowest BCUT2D eigenvalue weighted by Gasteiger charge is -2.15. The average molecular weight is 716 g/mol. The largest absolute Gasteiger partial charge is 0.309 e. The Hall–Kier alpha value is -7.63. The molecule has 0 bridgehead atoms. The maximum Gasteiger partial charge on any atom is 0.165 e. The van der Waals surface area contributed by atoms with E-state index in [0.717, 1.165) is 66.5 Å². The second-order valence-electron chi connectivity index (χ2n) is 14.0. The Morgan fingerprint density at radius 3 is 1.36 bits per heavy atom. The van der Waals surface area contributed by atoms with Gasteiger partial charge in [-0.2, -0.15) is 0 Å². The van der Waals surface area contributed by atoms with Crippen LogP contribution in [0.3, 0.4) is 0 Å². The van der Waals surface area contributed by atoms with Crippen molar-refractivity contribution in [1.29, 1.82) is 0 Å². The summed E-state index contributed by atoms with van der Waals surface area (Å²) in [5.74, 6) is 1.89. The molecule has 0 aliphatic carbocycles. The molecule has 5 heteroatoms. The monoisotopic (exact) mass is 715 g/mol. The lowest BCUT2D eigenvalue weighted by atomic mass is 9.93. The summed E-state index contributed by atoms with van der Waals surface area (Å²) in [4.78, 5) is 15.8. The number of rotatable bonds is 6. The van der Waals surface area contributed by atoms with E-state index in [1.165, 1.54) is 16.3 Å². The summed E-state index contributed by atoms with van der Waals surface area (Å²) in [6.07, 6.45) is 0. The zero-order valence-electron chi connectivity index (χ0n) is 30.3. The van der Waals surface area contributed by atoms with Crippen molar-refractivity contribution in [2.24, 2.45) is 0 Å². The first-order valence-electron chi connectivity index (χ1n) is 18.9. The van der Waals surface area contributed by atoms with Crippen LogP contribution in [0.15, 0.2) is 200 Å². The molecule has 3 heterocycles. The van der Waals surface area contributed by atoms with Crippen LogP contribution in [0.2, 0.25) is 0 Å². The maximum atomic E-state index is 5.34. The molecule has 0 unspecified atom stereocenters. The maximum absolute atomic E-state index is 5.34. The van der Waals surface area contributed by atoms with Gasteiger partial charge >= 0.3 is 0 Å². The minimum absolute atomic E-state index is 0.626. The molecule has 5 nitrogen and oxygen atoms in total. The van der Waals surface area contributed by atoms with Crippen LogP contribution in [-0.4, -0.2) is 24.1 Å². The number of para-hydroxylation sites is 4. The molecule has 0 aliphatic heterocycles. The van der Waals surface area contributed by atoms with E-state index in [2.05, 4.69) is 173 Å². The molecule has 11 rings (SSSR count). The fourth-order valence-corrected chi connectivity index (χ4v) is 8.30. The number of fused-ring (bicyclic) bond motifs is 6. The lowest BCUT2D eigenvalue weighted by Crippen LogP contribution is -2.02. The van der Waals surface area contributed by atoms with Crippen molar-refractivity contribution in [3.8, 4) is 56.7 Å². The smallest absolute Gasteiger partial charge is 0.165 e. The minimum atomic E-state index is 0.626. The molecule has 0 saturated heterocycles. The molecule has 3 aromatic heterocycles. The third kappa shape index (κ3) is 5.13. The Morgan fingerprint density at radius 2 is 0.750 bits per heavy atom. The zero-order valence-corrected chi connectivity index (χ0v) is 30.3. The quantitative estimate of drug-likeness (QED) is 0.172. The Kier molecular flexibility index (Phi) is 7.42. The molecule has 262 valence electrons. The predicted molar refractivity (Wildman–Crippen MR) is 230 cm³/mol. The summed E-state index contributed by atoms with van der Waals surface area (Å²) in [5.41, 5.74) is 11.7. The first kappa shape index (κ1) is 31.9.